The normalized spacial score (nSPS) is 11.8. The van der Waals surface area contributed by atoms with E-state index in [1.54, 1.807) is 6.92 Å². The van der Waals surface area contributed by atoms with Crippen molar-refractivity contribution in [2.24, 2.45) is 0 Å². The van der Waals surface area contributed by atoms with Crippen LogP contribution < -0.4 is 10.6 Å². The van der Waals surface area contributed by atoms with Crippen LogP contribution in [0.2, 0.25) is 0 Å². The Labute approximate surface area is 136 Å². The van der Waals surface area contributed by atoms with Crippen molar-refractivity contribution in [3.8, 4) is 0 Å². The second kappa shape index (κ2) is 7.59. The van der Waals surface area contributed by atoms with Crippen molar-refractivity contribution in [3.05, 3.63) is 46.3 Å². The third-order valence-electron chi connectivity index (χ3n) is 2.99. The van der Waals surface area contributed by atoms with E-state index < -0.39 is 22.2 Å². The van der Waals surface area contributed by atoms with Crippen molar-refractivity contribution < 1.29 is 18.4 Å². The molecule has 8 nitrogen and oxygen atoms in total. The fourth-order valence-corrected chi connectivity index (χ4v) is 1.98. The van der Waals surface area contributed by atoms with Crippen LogP contribution in [0.3, 0.4) is 0 Å². The molecule has 0 aliphatic rings. The highest BCUT2D eigenvalue weighted by Crippen LogP contribution is 2.31. The number of hydrogen-bond donors (Lipinski definition) is 2. The molecule has 2 rings (SSSR count). The SMILES string of the molecule is COCC(C)Nc1ncnc(Nc2ccc(F)c(F)c2)c1[N+](=O)[O-]. The molecule has 1 heterocycles. The molecule has 10 heteroatoms. The quantitative estimate of drug-likeness (QED) is 0.590. The fourth-order valence-electron chi connectivity index (χ4n) is 1.98. The second-order valence-electron chi connectivity index (χ2n) is 4.93. The van der Waals surface area contributed by atoms with Gasteiger partial charge in [0.25, 0.3) is 0 Å². The van der Waals surface area contributed by atoms with Gasteiger partial charge >= 0.3 is 5.69 Å². The molecule has 0 aliphatic heterocycles. The molecule has 2 aromatic rings. The Hall–Kier alpha value is -2.88. The van der Waals surface area contributed by atoms with Gasteiger partial charge < -0.3 is 15.4 Å². The first-order valence-electron chi connectivity index (χ1n) is 6.89. The lowest BCUT2D eigenvalue weighted by atomic mass is 10.3. The largest absolute Gasteiger partial charge is 0.383 e. The van der Waals surface area contributed by atoms with E-state index in [1.807, 2.05) is 0 Å². The van der Waals surface area contributed by atoms with E-state index in [2.05, 4.69) is 20.6 Å². The Bertz CT molecular complexity index is 744. The van der Waals surface area contributed by atoms with Crippen LogP contribution in [0.15, 0.2) is 24.5 Å². The van der Waals surface area contributed by atoms with Gasteiger partial charge in [0.05, 0.1) is 11.5 Å². The number of ether oxygens (including phenoxy) is 1. The molecule has 0 saturated heterocycles. The molecule has 1 atom stereocenters. The number of halogens is 2. The zero-order valence-electron chi connectivity index (χ0n) is 12.9. The first-order chi connectivity index (χ1) is 11.4. The zero-order chi connectivity index (χ0) is 17.7. The van der Waals surface area contributed by atoms with E-state index >= 15 is 0 Å². The van der Waals surface area contributed by atoms with E-state index in [0.717, 1.165) is 18.5 Å². The summed E-state index contributed by atoms with van der Waals surface area (Å²) in [6.45, 7) is 2.07. The van der Waals surface area contributed by atoms with Gasteiger partial charge in [-0.15, -0.1) is 0 Å². The molecule has 0 saturated carbocycles. The van der Waals surface area contributed by atoms with Crippen LogP contribution in [0, 0.1) is 21.7 Å². The number of nitrogens with zero attached hydrogens (tertiary/aromatic N) is 3. The fraction of sp³-hybridized carbons (Fsp3) is 0.286. The third-order valence-corrected chi connectivity index (χ3v) is 2.99. The van der Waals surface area contributed by atoms with Crippen LogP contribution in [0.1, 0.15) is 6.92 Å². The predicted molar refractivity (Wildman–Crippen MR) is 83.3 cm³/mol. The van der Waals surface area contributed by atoms with E-state index in [9.17, 15) is 18.9 Å². The molecule has 1 aromatic carbocycles. The molecule has 1 aromatic heterocycles. The molecule has 128 valence electrons. The van der Waals surface area contributed by atoms with Gasteiger partial charge in [0, 0.05) is 24.9 Å². The lowest BCUT2D eigenvalue weighted by Crippen LogP contribution is -2.22. The average Bonchev–Trinajstić information content (AvgIpc) is 2.51. The highest BCUT2D eigenvalue weighted by Gasteiger charge is 2.24. The summed E-state index contributed by atoms with van der Waals surface area (Å²) in [6, 6.07) is 2.79. The summed E-state index contributed by atoms with van der Waals surface area (Å²) in [5, 5.41) is 16.8. The maximum atomic E-state index is 13.3. The van der Waals surface area contributed by atoms with Crippen molar-refractivity contribution in [1.29, 1.82) is 0 Å². The van der Waals surface area contributed by atoms with Gasteiger partial charge in [0.2, 0.25) is 11.6 Å². The van der Waals surface area contributed by atoms with Crippen LogP contribution in [0.5, 0.6) is 0 Å². The van der Waals surface area contributed by atoms with Crippen molar-refractivity contribution in [1.82, 2.24) is 9.97 Å². The second-order valence-corrected chi connectivity index (χ2v) is 4.93. The predicted octanol–water partition coefficient (Wildman–Crippen LogP) is 2.85. The lowest BCUT2D eigenvalue weighted by molar-refractivity contribution is -0.383. The number of benzene rings is 1. The topological polar surface area (TPSA) is 102 Å². The molecule has 2 N–H and O–H groups in total. The summed E-state index contributed by atoms with van der Waals surface area (Å²) < 4.78 is 31.2. The van der Waals surface area contributed by atoms with Gasteiger partial charge in [-0.3, -0.25) is 10.1 Å². The lowest BCUT2D eigenvalue weighted by Gasteiger charge is -2.14. The van der Waals surface area contributed by atoms with Crippen molar-refractivity contribution >= 4 is 23.0 Å². The van der Waals surface area contributed by atoms with E-state index in [-0.39, 0.29) is 23.4 Å². The number of methoxy groups -OCH3 is 1. The summed E-state index contributed by atoms with van der Waals surface area (Å²) in [6.07, 6.45) is 1.12. The smallest absolute Gasteiger partial charge is 0.353 e. The molecular formula is C14H15F2N5O3. The Morgan fingerprint density at radius 3 is 2.62 bits per heavy atom. The van der Waals surface area contributed by atoms with Crippen LogP contribution in [0.4, 0.5) is 31.8 Å². The van der Waals surface area contributed by atoms with Crippen LogP contribution >= 0.6 is 0 Å². The van der Waals surface area contributed by atoms with Crippen molar-refractivity contribution in [3.63, 3.8) is 0 Å². The maximum Gasteiger partial charge on any atom is 0.353 e. The summed E-state index contributed by atoms with van der Waals surface area (Å²) in [5.74, 6) is -2.25. The number of nitrogens with one attached hydrogen (secondary N) is 2. The molecule has 0 aliphatic carbocycles. The summed E-state index contributed by atoms with van der Waals surface area (Å²) in [5.41, 5.74) is -0.295. The Morgan fingerprint density at radius 2 is 2.00 bits per heavy atom. The van der Waals surface area contributed by atoms with Crippen LogP contribution in [-0.2, 0) is 4.74 Å². The molecule has 0 fully saturated rings. The number of nitro groups is 1. The summed E-state index contributed by atoms with van der Waals surface area (Å²) >= 11 is 0. The van der Waals surface area contributed by atoms with E-state index in [0.29, 0.717) is 6.61 Å². The minimum Gasteiger partial charge on any atom is -0.383 e. The number of hydrogen-bond acceptors (Lipinski definition) is 7. The first-order valence-corrected chi connectivity index (χ1v) is 6.89. The minimum absolute atomic E-state index is 0.00960. The molecule has 0 bridgehead atoms. The van der Waals surface area contributed by atoms with Gasteiger partial charge in [-0.05, 0) is 19.1 Å². The monoisotopic (exact) mass is 339 g/mol. The number of anilines is 3. The Balaban J connectivity index is 2.35. The highest BCUT2D eigenvalue weighted by molar-refractivity contribution is 5.73. The van der Waals surface area contributed by atoms with Crippen LogP contribution in [-0.4, -0.2) is 34.6 Å². The molecular weight excluding hydrogens is 324 g/mol. The maximum absolute atomic E-state index is 13.3. The van der Waals surface area contributed by atoms with Crippen LogP contribution in [0.25, 0.3) is 0 Å². The Kier molecular flexibility index (Phi) is 5.53. The summed E-state index contributed by atoms with van der Waals surface area (Å²) in [7, 11) is 1.50. The zero-order valence-corrected chi connectivity index (χ0v) is 12.9. The third kappa shape index (κ3) is 4.10. The number of rotatable bonds is 7. The van der Waals surface area contributed by atoms with Gasteiger partial charge in [-0.2, -0.15) is 0 Å². The van der Waals surface area contributed by atoms with Gasteiger partial charge in [-0.1, -0.05) is 0 Å². The average molecular weight is 339 g/mol. The first kappa shape index (κ1) is 17.5. The minimum atomic E-state index is -1.08. The van der Waals surface area contributed by atoms with Gasteiger partial charge in [-0.25, -0.2) is 18.7 Å². The molecule has 1 unspecified atom stereocenters. The van der Waals surface area contributed by atoms with E-state index in [1.165, 1.54) is 13.2 Å². The highest BCUT2D eigenvalue weighted by atomic mass is 19.2. The van der Waals surface area contributed by atoms with Crippen molar-refractivity contribution in [2.45, 2.75) is 13.0 Å². The van der Waals surface area contributed by atoms with E-state index in [4.69, 9.17) is 4.74 Å². The molecule has 24 heavy (non-hydrogen) atoms. The number of aromatic nitrogens is 2. The molecule has 0 amide bonds. The van der Waals surface area contributed by atoms with Gasteiger partial charge in [0.1, 0.15) is 6.33 Å². The Morgan fingerprint density at radius 1 is 1.29 bits per heavy atom. The van der Waals surface area contributed by atoms with Gasteiger partial charge in [0.15, 0.2) is 11.6 Å². The van der Waals surface area contributed by atoms with Crippen molar-refractivity contribution in [2.75, 3.05) is 24.4 Å². The standard InChI is InChI=1S/C14H15F2N5O3/c1-8(6-24-2)19-13-12(21(22)23)14(18-7-17-13)20-9-3-4-10(15)11(16)5-9/h3-5,7-8H,6H2,1-2H3,(H2,17,18,19,20). The summed E-state index contributed by atoms with van der Waals surface area (Å²) in [4.78, 5) is 18.4. The molecule has 0 radical (unpaired) electrons. The molecule has 0 spiro atoms.